The van der Waals surface area contributed by atoms with Crippen molar-refractivity contribution in [3.8, 4) is 11.8 Å². The Labute approximate surface area is 150 Å². The maximum atomic E-state index is 12.9. The fourth-order valence-corrected chi connectivity index (χ4v) is 3.21. The summed E-state index contributed by atoms with van der Waals surface area (Å²) in [5.41, 5.74) is 0.123. The molecule has 2 rings (SSSR count). The molecule has 0 saturated heterocycles. The highest BCUT2D eigenvalue weighted by atomic mass is 16.5. The molecule has 1 saturated carbocycles. The maximum Gasteiger partial charge on any atom is 0.256 e. The highest BCUT2D eigenvalue weighted by Gasteiger charge is 2.38. The van der Waals surface area contributed by atoms with E-state index in [2.05, 4.69) is 18.3 Å². The second-order valence-electron chi connectivity index (χ2n) is 6.59. The lowest BCUT2D eigenvalue weighted by atomic mass is 9.93. The zero-order chi connectivity index (χ0) is 18.1. The fraction of sp³-hybridized carbons (Fsp3) is 0.600. The molecule has 5 nitrogen and oxygen atoms in total. The molecule has 0 radical (unpaired) electrons. The second-order valence-corrected chi connectivity index (χ2v) is 6.59. The van der Waals surface area contributed by atoms with Crippen LogP contribution in [0.25, 0.3) is 0 Å². The van der Waals surface area contributed by atoms with E-state index in [1.54, 1.807) is 25.3 Å². The zero-order valence-electron chi connectivity index (χ0n) is 15.3. The van der Waals surface area contributed by atoms with Crippen LogP contribution in [-0.2, 0) is 9.53 Å². The van der Waals surface area contributed by atoms with Crippen molar-refractivity contribution in [2.24, 2.45) is 0 Å². The number of carbonyl (C=O) groups is 1. The van der Waals surface area contributed by atoms with Crippen LogP contribution in [-0.4, -0.2) is 25.2 Å². The van der Waals surface area contributed by atoms with Crippen molar-refractivity contribution in [1.29, 1.82) is 5.26 Å². The van der Waals surface area contributed by atoms with Gasteiger partial charge in [-0.15, -0.1) is 0 Å². The molecule has 1 fully saturated rings. The number of amides is 1. The van der Waals surface area contributed by atoms with Gasteiger partial charge >= 0.3 is 0 Å². The first-order valence-electron chi connectivity index (χ1n) is 9.19. The summed E-state index contributed by atoms with van der Waals surface area (Å²) in [6.07, 6.45) is 7.68. The van der Waals surface area contributed by atoms with Crippen LogP contribution < -0.4 is 10.1 Å². The Kier molecular flexibility index (Phi) is 7.27. The maximum absolute atomic E-state index is 12.9. The molecule has 0 unspecified atom stereocenters. The van der Waals surface area contributed by atoms with E-state index in [1.807, 2.05) is 0 Å². The summed E-state index contributed by atoms with van der Waals surface area (Å²) in [5, 5.41) is 12.3. The molecule has 25 heavy (non-hydrogen) atoms. The Morgan fingerprint density at radius 1 is 1.28 bits per heavy atom. The highest BCUT2D eigenvalue weighted by Crippen LogP contribution is 2.32. The van der Waals surface area contributed by atoms with E-state index in [1.165, 1.54) is 0 Å². The normalized spacial score (nSPS) is 16.5. The lowest BCUT2D eigenvalue weighted by Crippen LogP contribution is -2.44. The monoisotopic (exact) mass is 344 g/mol. The number of hydrogen-bond acceptors (Lipinski definition) is 4. The van der Waals surface area contributed by atoms with Crippen LogP contribution in [0.15, 0.2) is 18.2 Å². The van der Waals surface area contributed by atoms with Gasteiger partial charge in [0.15, 0.2) is 0 Å². The van der Waals surface area contributed by atoms with Crippen molar-refractivity contribution in [3.05, 3.63) is 23.8 Å². The summed E-state index contributed by atoms with van der Waals surface area (Å²) in [6, 6.07) is 7.34. The average molecular weight is 344 g/mol. The third-order valence-corrected chi connectivity index (χ3v) is 4.84. The van der Waals surface area contributed by atoms with Gasteiger partial charge in [-0.2, -0.15) is 5.26 Å². The molecule has 0 heterocycles. The lowest BCUT2D eigenvalue weighted by molar-refractivity contribution is -0.139. The van der Waals surface area contributed by atoms with Crippen molar-refractivity contribution in [2.45, 2.75) is 63.9 Å². The molecular formula is C20H28N2O3. The van der Waals surface area contributed by atoms with E-state index in [9.17, 15) is 10.1 Å². The van der Waals surface area contributed by atoms with Crippen LogP contribution in [0, 0.1) is 11.3 Å². The number of methoxy groups -OCH3 is 1. The third kappa shape index (κ3) is 4.96. The number of ether oxygens (including phenoxy) is 2. The summed E-state index contributed by atoms with van der Waals surface area (Å²) in [5.74, 6) is 0.493. The Hall–Kier alpha value is -2.06. The number of hydrogen-bond donors (Lipinski definition) is 1. The van der Waals surface area contributed by atoms with Gasteiger partial charge in [-0.3, -0.25) is 4.79 Å². The smallest absolute Gasteiger partial charge is 0.256 e. The molecule has 1 aliphatic rings. The largest absolute Gasteiger partial charge is 0.494 e. The molecule has 1 aromatic rings. The van der Waals surface area contributed by atoms with E-state index in [-0.39, 0.29) is 5.91 Å². The predicted molar refractivity (Wildman–Crippen MR) is 97.6 cm³/mol. The Balaban J connectivity index is 2.12. The molecule has 0 atom stereocenters. The van der Waals surface area contributed by atoms with E-state index in [0.29, 0.717) is 23.6 Å². The minimum atomic E-state index is -0.792. The molecule has 0 spiro atoms. The number of unbranched alkanes of at least 4 members (excludes halogenated alkanes) is 1. The Bertz CT molecular complexity index is 614. The van der Waals surface area contributed by atoms with E-state index in [4.69, 9.17) is 9.47 Å². The summed E-state index contributed by atoms with van der Waals surface area (Å²) in [6.45, 7) is 2.72. The van der Waals surface area contributed by atoms with Crippen molar-refractivity contribution in [1.82, 2.24) is 0 Å². The molecule has 1 N–H and O–H groups in total. The van der Waals surface area contributed by atoms with E-state index >= 15 is 0 Å². The topological polar surface area (TPSA) is 71.3 Å². The molecule has 5 heteroatoms. The lowest BCUT2D eigenvalue weighted by Gasteiger charge is -2.30. The van der Waals surface area contributed by atoms with Crippen molar-refractivity contribution in [3.63, 3.8) is 0 Å². The molecule has 0 aromatic heterocycles. The van der Waals surface area contributed by atoms with Crippen LogP contribution in [0.5, 0.6) is 5.75 Å². The van der Waals surface area contributed by atoms with Gasteiger partial charge in [-0.05, 0) is 37.5 Å². The van der Waals surface area contributed by atoms with Crippen LogP contribution in [0.2, 0.25) is 0 Å². The molecule has 1 aliphatic carbocycles. The number of nitrogens with one attached hydrogen (secondary N) is 1. The first-order valence-corrected chi connectivity index (χ1v) is 9.19. The quantitative estimate of drug-likeness (QED) is 0.587. The molecular weight excluding hydrogens is 316 g/mol. The summed E-state index contributed by atoms with van der Waals surface area (Å²) in [4.78, 5) is 12.9. The van der Waals surface area contributed by atoms with Gasteiger partial charge < -0.3 is 14.8 Å². The van der Waals surface area contributed by atoms with E-state index in [0.717, 1.165) is 51.4 Å². The third-order valence-electron chi connectivity index (χ3n) is 4.84. The summed E-state index contributed by atoms with van der Waals surface area (Å²) < 4.78 is 11.3. The molecule has 0 bridgehead atoms. The SMILES string of the molecule is CCCCOc1ccc(NC(=O)C2(OC)CCCCCC2)c(C#N)c1. The minimum Gasteiger partial charge on any atom is -0.494 e. The van der Waals surface area contributed by atoms with Gasteiger partial charge in [0, 0.05) is 7.11 Å². The highest BCUT2D eigenvalue weighted by molar-refractivity contribution is 5.98. The van der Waals surface area contributed by atoms with Gasteiger partial charge in [-0.25, -0.2) is 0 Å². The second kappa shape index (κ2) is 9.43. The first-order chi connectivity index (χ1) is 12.1. The number of nitrogens with zero attached hydrogens (tertiary/aromatic N) is 1. The van der Waals surface area contributed by atoms with Gasteiger partial charge in [0.25, 0.3) is 5.91 Å². The minimum absolute atomic E-state index is 0.159. The number of benzene rings is 1. The van der Waals surface area contributed by atoms with Gasteiger partial charge in [-0.1, -0.05) is 39.0 Å². The number of anilines is 1. The van der Waals surface area contributed by atoms with Gasteiger partial charge in [0.1, 0.15) is 17.4 Å². The molecule has 1 amide bonds. The molecule has 1 aromatic carbocycles. The van der Waals surface area contributed by atoms with Crippen LogP contribution in [0.4, 0.5) is 5.69 Å². The number of carbonyl (C=O) groups excluding carboxylic acids is 1. The van der Waals surface area contributed by atoms with Gasteiger partial charge in [0.2, 0.25) is 0 Å². The Morgan fingerprint density at radius 3 is 2.60 bits per heavy atom. The fourth-order valence-electron chi connectivity index (χ4n) is 3.21. The standard InChI is InChI=1S/C20H28N2O3/c1-3-4-13-25-17-9-10-18(16(14-17)15-21)22-19(23)20(24-2)11-7-5-6-8-12-20/h9-10,14H,3-8,11-13H2,1-2H3,(H,22,23). The van der Waals surface area contributed by atoms with Crippen molar-refractivity contribution < 1.29 is 14.3 Å². The molecule has 0 aliphatic heterocycles. The van der Waals surface area contributed by atoms with E-state index < -0.39 is 5.60 Å². The average Bonchev–Trinajstić information content (AvgIpc) is 2.89. The Morgan fingerprint density at radius 2 is 2.00 bits per heavy atom. The number of rotatable bonds is 7. The number of nitriles is 1. The van der Waals surface area contributed by atoms with Gasteiger partial charge in [0.05, 0.1) is 17.9 Å². The predicted octanol–water partition coefficient (Wildman–Crippen LogP) is 4.42. The first kappa shape index (κ1) is 19.3. The van der Waals surface area contributed by atoms with Crippen molar-refractivity contribution >= 4 is 11.6 Å². The van der Waals surface area contributed by atoms with Crippen LogP contribution in [0.1, 0.15) is 63.9 Å². The molecule has 136 valence electrons. The zero-order valence-corrected chi connectivity index (χ0v) is 15.3. The van der Waals surface area contributed by atoms with Crippen LogP contribution in [0.3, 0.4) is 0 Å². The van der Waals surface area contributed by atoms with Crippen LogP contribution >= 0.6 is 0 Å². The van der Waals surface area contributed by atoms with Crippen molar-refractivity contribution in [2.75, 3.05) is 19.0 Å². The summed E-state index contributed by atoms with van der Waals surface area (Å²) >= 11 is 0. The summed E-state index contributed by atoms with van der Waals surface area (Å²) in [7, 11) is 1.60.